The number of halogens is 3. The molecule has 0 bridgehead atoms. The van der Waals surface area contributed by atoms with Crippen LogP contribution in [-0.2, 0) is 6.18 Å². The molecule has 1 N–H and O–H groups in total. The van der Waals surface area contributed by atoms with Gasteiger partial charge in [0.1, 0.15) is 5.69 Å². The zero-order chi connectivity index (χ0) is 15.3. The summed E-state index contributed by atoms with van der Waals surface area (Å²) in [7, 11) is 0. The van der Waals surface area contributed by atoms with Crippen LogP contribution in [0.15, 0.2) is 24.3 Å². The van der Waals surface area contributed by atoms with Gasteiger partial charge in [-0.25, -0.2) is 4.98 Å². The summed E-state index contributed by atoms with van der Waals surface area (Å²) in [6, 6.07) is 0.865. The van der Waals surface area contributed by atoms with E-state index < -0.39 is 18.0 Å². The Labute approximate surface area is 115 Å². The van der Waals surface area contributed by atoms with Crippen LogP contribution >= 0.6 is 0 Å². The van der Waals surface area contributed by atoms with E-state index in [1.54, 1.807) is 18.2 Å². The lowest BCUT2D eigenvalue weighted by Gasteiger charge is -2.10. The van der Waals surface area contributed by atoms with Gasteiger partial charge in [0.05, 0.1) is 11.5 Å². The highest BCUT2D eigenvalue weighted by molar-refractivity contribution is 5.45. The van der Waals surface area contributed by atoms with Crippen LogP contribution in [0.2, 0.25) is 0 Å². The maximum Gasteiger partial charge on any atom is 0.433 e. The van der Waals surface area contributed by atoms with Gasteiger partial charge in [0.15, 0.2) is 0 Å². The molecule has 0 saturated carbocycles. The van der Waals surface area contributed by atoms with Crippen molar-refractivity contribution in [3.8, 4) is 0 Å². The number of aliphatic hydroxyl groups excluding tert-OH is 1. The van der Waals surface area contributed by atoms with Crippen molar-refractivity contribution < 1.29 is 18.3 Å². The Balaban J connectivity index is 0.000000956. The van der Waals surface area contributed by atoms with E-state index in [1.165, 1.54) is 13.0 Å². The summed E-state index contributed by atoms with van der Waals surface area (Å²) >= 11 is 0. The van der Waals surface area contributed by atoms with Crippen LogP contribution in [0.3, 0.4) is 0 Å². The molecule has 2 nitrogen and oxygen atoms in total. The zero-order valence-electron chi connectivity index (χ0n) is 11.5. The largest absolute Gasteiger partial charge is 0.433 e. The van der Waals surface area contributed by atoms with E-state index in [-0.39, 0.29) is 10.9 Å². The Bertz CT molecular complexity index is 651. The van der Waals surface area contributed by atoms with Gasteiger partial charge in [0.2, 0.25) is 0 Å². The second kappa shape index (κ2) is 6.55. The minimum atomic E-state index is -4.54. The van der Waals surface area contributed by atoms with Crippen molar-refractivity contribution >= 4 is 11.8 Å². The van der Waals surface area contributed by atoms with Crippen LogP contribution in [-0.4, -0.2) is 10.1 Å². The highest BCUT2D eigenvalue weighted by Gasteiger charge is 2.33. The van der Waals surface area contributed by atoms with Crippen LogP contribution in [0.25, 0.3) is 11.8 Å². The first-order valence-electron chi connectivity index (χ1n) is 6.29. The highest BCUT2D eigenvalue weighted by Crippen LogP contribution is 2.27. The molecule has 0 amide bonds. The van der Waals surface area contributed by atoms with E-state index in [0.29, 0.717) is 5.22 Å². The molecule has 0 saturated heterocycles. The summed E-state index contributed by atoms with van der Waals surface area (Å²) in [6.45, 7) is 5.41. The van der Waals surface area contributed by atoms with E-state index in [4.69, 9.17) is 0 Å². The first kappa shape index (κ1) is 16.2. The van der Waals surface area contributed by atoms with Gasteiger partial charge < -0.3 is 5.11 Å². The molecule has 0 fully saturated rings. The van der Waals surface area contributed by atoms with Crippen molar-refractivity contribution in [2.24, 2.45) is 0 Å². The van der Waals surface area contributed by atoms with Gasteiger partial charge in [-0.05, 0) is 30.7 Å². The number of aromatic nitrogens is 1. The van der Waals surface area contributed by atoms with E-state index in [0.717, 1.165) is 6.07 Å². The van der Waals surface area contributed by atoms with Crippen molar-refractivity contribution in [1.82, 2.24) is 4.98 Å². The number of alkyl halides is 3. The summed E-state index contributed by atoms with van der Waals surface area (Å²) in [4.78, 5) is 3.56. The monoisotopic (exact) mass is 283 g/mol. The highest BCUT2D eigenvalue weighted by atomic mass is 19.4. The van der Waals surface area contributed by atoms with Crippen LogP contribution in [0.4, 0.5) is 13.2 Å². The molecule has 1 aromatic heterocycles. The lowest BCUT2D eigenvalue weighted by atomic mass is 10.1. The minimum absolute atomic E-state index is 0.158. The number of fused-ring (bicyclic) bond motifs is 1. The van der Waals surface area contributed by atoms with Gasteiger partial charge in [-0.2, -0.15) is 13.2 Å². The SMILES string of the molecule is CC.CC(O)c1cc(C(F)(F)F)nc2c1=C=CC=CC=2. The fourth-order valence-electron chi connectivity index (χ4n) is 1.67. The summed E-state index contributed by atoms with van der Waals surface area (Å²) in [5, 5.41) is 10.1. The van der Waals surface area contributed by atoms with Crippen LogP contribution in [0.1, 0.15) is 38.1 Å². The topological polar surface area (TPSA) is 33.1 Å². The molecule has 1 aliphatic rings. The van der Waals surface area contributed by atoms with Gasteiger partial charge in [-0.1, -0.05) is 26.0 Å². The number of allylic oxidation sites excluding steroid dienone is 3. The summed E-state index contributed by atoms with van der Waals surface area (Å²) < 4.78 is 38.1. The van der Waals surface area contributed by atoms with Gasteiger partial charge in [0, 0.05) is 5.22 Å². The summed E-state index contributed by atoms with van der Waals surface area (Å²) in [5.74, 6) is 0. The molecule has 108 valence electrons. The average molecular weight is 283 g/mol. The quantitative estimate of drug-likeness (QED) is 0.859. The molecular formula is C15H16F3NO. The number of nitrogens with zero attached hydrogens (tertiary/aromatic N) is 1. The van der Waals surface area contributed by atoms with Crippen molar-refractivity contribution in [2.75, 3.05) is 0 Å². The number of pyridine rings is 1. The van der Waals surface area contributed by atoms with Gasteiger partial charge in [-0.3, -0.25) is 0 Å². The zero-order valence-corrected chi connectivity index (χ0v) is 11.5. The number of hydrogen-bond donors (Lipinski definition) is 1. The van der Waals surface area contributed by atoms with Crippen molar-refractivity contribution in [1.29, 1.82) is 0 Å². The third-order valence-corrected chi connectivity index (χ3v) is 2.51. The minimum Gasteiger partial charge on any atom is -0.389 e. The lowest BCUT2D eigenvalue weighted by molar-refractivity contribution is -0.141. The molecule has 1 aromatic rings. The van der Waals surface area contributed by atoms with Crippen LogP contribution in [0.5, 0.6) is 0 Å². The molecule has 2 rings (SSSR count). The molecule has 5 heteroatoms. The van der Waals surface area contributed by atoms with Crippen molar-refractivity contribution in [3.63, 3.8) is 0 Å². The molecule has 1 atom stereocenters. The van der Waals surface area contributed by atoms with E-state index in [9.17, 15) is 18.3 Å². The fourth-order valence-corrected chi connectivity index (χ4v) is 1.67. The van der Waals surface area contributed by atoms with Crippen molar-refractivity contribution in [2.45, 2.75) is 33.1 Å². The molecular weight excluding hydrogens is 267 g/mol. The lowest BCUT2D eigenvalue weighted by Crippen LogP contribution is -2.34. The second-order valence-electron chi connectivity index (χ2n) is 3.89. The van der Waals surface area contributed by atoms with E-state index >= 15 is 0 Å². The fraction of sp³-hybridized carbons (Fsp3) is 0.333. The summed E-state index contributed by atoms with van der Waals surface area (Å²) in [5.41, 5.74) is 1.98. The average Bonchev–Trinajstić information content (AvgIpc) is 2.63. The van der Waals surface area contributed by atoms with E-state index in [1.807, 2.05) is 13.8 Å². The first-order chi connectivity index (χ1) is 9.39. The Morgan fingerprint density at radius 1 is 1.25 bits per heavy atom. The van der Waals surface area contributed by atoms with Gasteiger partial charge in [0.25, 0.3) is 0 Å². The molecule has 0 spiro atoms. The standard InChI is InChI=1S/C13H10F3NO.C2H6/c1-8(18)10-7-12(13(14,15)16)17-11-6-4-2-3-5-9(10)11;1-2/h2-4,6-8,18H,1H3;1-2H3. The number of aliphatic hydroxyl groups is 1. The second-order valence-corrected chi connectivity index (χ2v) is 3.89. The Morgan fingerprint density at radius 3 is 2.45 bits per heavy atom. The van der Waals surface area contributed by atoms with Crippen molar-refractivity contribution in [3.05, 3.63) is 46.1 Å². The molecule has 1 aliphatic carbocycles. The van der Waals surface area contributed by atoms with Crippen LogP contribution < -0.4 is 10.6 Å². The third-order valence-electron chi connectivity index (χ3n) is 2.51. The molecule has 20 heavy (non-hydrogen) atoms. The van der Waals surface area contributed by atoms with Gasteiger partial charge in [-0.15, -0.1) is 5.73 Å². The smallest absolute Gasteiger partial charge is 0.389 e. The molecule has 1 heterocycles. The Kier molecular flexibility index (Phi) is 5.31. The van der Waals surface area contributed by atoms with Gasteiger partial charge >= 0.3 is 6.18 Å². The normalized spacial score (nSPS) is 14.2. The molecule has 0 aliphatic heterocycles. The third kappa shape index (κ3) is 3.59. The first-order valence-corrected chi connectivity index (χ1v) is 6.29. The molecule has 0 aromatic carbocycles. The number of hydrogen-bond acceptors (Lipinski definition) is 2. The maximum absolute atomic E-state index is 12.7. The maximum atomic E-state index is 12.7. The summed E-state index contributed by atoms with van der Waals surface area (Å²) in [6.07, 6.45) is 0.705. The Morgan fingerprint density at radius 2 is 1.90 bits per heavy atom. The number of rotatable bonds is 1. The predicted molar refractivity (Wildman–Crippen MR) is 72.1 cm³/mol. The molecule has 0 radical (unpaired) electrons. The predicted octanol–water partition coefficient (Wildman–Crippen LogP) is 2.47. The molecule has 1 unspecified atom stereocenters. The Hall–Kier alpha value is -1.84. The van der Waals surface area contributed by atoms with Crippen LogP contribution in [0, 0.1) is 0 Å². The van der Waals surface area contributed by atoms with E-state index in [2.05, 4.69) is 10.7 Å².